The van der Waals surface area contributed by atoms with Crippen LogP contribution in [0.1, 0.15) is 32.6 Å². The van der Waals surface area contributed by atoms with E-state index in [1.165, 1.54) is 0 Å². The number of hydrogen-bond acceptors (Lipinski definition) is 5. The summed E-state index contributed by atoms with van der Waals surface area (Å²) in [6.45, 7) is 3.96. The zero-order chi connectivity index (χ0) is 18.1. The zero-order valence-electron chi connectivity index (χ0n) is 15.0. The van der Waals surface area contributed by atoms with Gasteiger partial charge in [0.25, 0.3) is 5.91 Å². The van der Waals surface area contributed by atoms with Gasteiger partial charge in [0.05, 0.1) is 13.7 Å². The van der Waals surface area contributed by atoms with Crippen molar-refractivity contribution in [1.29, 1.82) is 0 Å². The first-order valence-corrected chi connectivity index (χ1v) is 8.78. The topological polar surface area (TPSA) is 65.1 Å². The minimum atomic E-state index is -0.364. The maximum absolute atomic E-state index is 12.0. The third-order valence-electron chi connectivity index (χ3n) is 4.35. The van der Waals surface area contributed by atoms with E-state index in [0.717, 1.165) is 37.4 Å². The molecule has 1 aliphatic rings. The predicted octanol–water partition coefficient (Wildman–Crippen LogP) is 2.66. The van der Waals surface area contributed by atoms with Crippen LogP contribution < -0.4 is 9.47 Å². The molecular weight excluding hydrogens is 322 g/mol. The summed E-state index contributed by atoms with van der Waals surface area (Å²) >= 11 is 0. The highest BCUT2D eigenvalue weighted by atomic mass is 16.5. The Balaban J connectivity index is 1.56. The molecule has 0 aliphatic carbocycles. The van der Waals surface area contributed by atoms with Crippen LogP contribution in [0.3, 0.4) is 0 Å². The van der Waals surface area contributed by atoms with Crippen molar-refractivity contribution in [2.75, 3.05) is 33.4 Å². The first kappa shape index (κ1) is 19.1. The predicted molar refractivity (Wildman–Crippen MR) is 93.7 cm³/mol. The molecule has 0 N–H and O–H groups in total. The number of carbonyl (C=O) groups is 2. The van der Waals surface area contributed by atoms with Gasteiger partial charge in [0.15, 0.2) is 6.61 Å². The Labute approximate surface area is 149 Å². The number of hydrogen-bond donors (Lipinski definition) is 0. The Hall–Kier alpha value is -2.24. The van der Waals surface area contributed by atoms with Gasteiger partial charge in [-0.3, -0.25) is 9.59 Å². The lowest BCUT2D eigenvalue weighted by atomic mass is 9.99. The summed E-state index contributed by atoms with van der Waals surface area (Å²) in [5, 5.41) is 0. The monoisotopic (exact) mass is 349 g/mol. The number of esters is 1. The fourth-order valence-corrected chi connectivity index (χ4v) is 2.64. The Morgan fingerprint density at radius 3 is 2.40 bits per heavy atom. The van der Waals surface area contributed by atoms with Crippen LogP contribution in [0.5, 0.6) is 11.5 Å². The fourth-order valence-electron chi connectivity index (χ4n) is 2.64. The van der Waals surface area contributed by atoms with Gasteiger partial charge in [-0.05, 0) is 49.4 Å². The summed E-state index contributed by atoms with van der Waals surface area (Å²) in [6, 6.07) is 7.26. The molecule has 0 unspecified atom stereocenters. The van der Waals surface area contributed by atoms with E-state index in [1.807, 2.05) is 24.3 Å². The van der Waals surface area contributed by atoms with E-state index in [2.05, 4.69) is 6.92 Å². The van der Waals surface area contributed by atoms with Crippen molar-refractivity contribution < 1.29 is 23.8 Å². The van der Waals surface area contributed by atoms with Crippen LogP contribution in [0, 0.1) is 5.92 Å². The zero-order valence-corrected chi connectivity index (χ0v) is 15.0. The van der Waals surface area contributed by atoms with E-state index in [-0.39, 0.29) is 24.9 Å². The maximum Gasteiger partial charge on any atom is 0.306 e. The lowest BCUT2D eigenvalue weighted by Crippen LogP contribution is -2.40. The molecule has 1 heterocycles. The number of nitrogens with zero attached hydrogens (tertiary/aromatic N) is 1. The summed E-state index contributed by atoms with van der Waals surface area (Å²) in [6.07, 6.45) is 2.81. The molecule has 0 saturated carbocycles. The number of ether oxygens (including phenoxy) is 3. The molecule has 0 aromatic heterocycles. The maximum atomic E-state index is 12.0. The summed E-state index contributed by atoms with van der Waals surface area (Å²) in [5.74, 6) is 1.69. The number of amides is 1. The Morgan fingerprint density at radius 1 is 1.12 bits per heavy atom. The van der Waals surface area contributed by atoms with Crippen molar-refractivity contribution >= 4 is 11.9 Å². The molecule has 0 radical (unpaired) electrons. The summed E-state index contributed by atoms with van der Waals surface area (Å²) in [7, 11) is 1.61. The van der Waals surface area contributed by atoms with Gasteiger partial charge in [0.1, 0.15) is 11.5 Å². The number of likely N-dealkylation sites (tertiary alicyclic amines) is 1. The molecule has 0 atom stereocenters. The van der Waals surface area contributed by atoms with Crippen LogP contribution in [-0.4, -0.2) is 50.2 Å². The van der Waals surface area contributed by atoms with E-state index in [0.29, 0.717) is 18.9 Å². The minimum absolute atomic E-state index is 0.102. The van der Waals surface area contributed by atoms with Crippen molar-refractivity contribution in [2.24, 2.45) is 5.92 Å². The fraction of sp³-hybridized carbons (Fsp3) is 0.579. The van der Waals surface area contributed by atoms with Crippen LogP contribution in [0.4, 0.5) is 0 Å². The lowest BCUT2D eigenvalue weighted by Gasteiger charge is -2.30. The smallest absolute Gasteiger partial charge is 0.306 e. The van der Waals surface area contributed by atoms with E-state index >= 15 is 0 Å². The van der Waals surface area contributed by atoms with Crippen molar-refractivity contribution in [1.82, 2.24) is 4.90 Å². The molecule has 1 aliphatic heterocycles. The molecule has 1 aromatic carbocycles. The summed E-state index contributed by atoms with van der Waals surface area (Å²) in [5.41, 5.74) is 0. The first-order valence-electron chi connectivity index (χ1n) is 8.78. The molecule has 25 heavy (non-hydrogen) atoms. The van der Waals surface area contributed by atoms with Crippen molar-refractivity contribution in [3.05, 3.63) is 24.3 Å². The van der Waals surface area contributed by atoms with Crippen LogP contribution >= 0.6 is 0 Å². The van der Waals surface area contributed by atoms with E-state index < -0.39 is 0 Å². The van der Waals surface area contributed by atoms with Crippen molar-refractivity contribution in [3.63, 3.8) is 0 Å². The molecule has 138 valence electrons. The van der Waals surface area contributed by atoms with Gasteiger partial charge >= 0.3 is 5.97 Å². The Bertz CT molecular complexity index is 549. The van der Waals surface area contributed by atoms with Gasteiger partial charge < -0.3 is 19.1 Å². The molecule has 1 fully saturated rings. The highest BCUT2D eigenvalue weighted by Crippen LogP contribution is 2.17. The molecule has 1 saturated heterocycles. The number of carbonyl (C=O) groups excluding carboxylic acids is 2. The molecule has 6 heteroatoms. The average molecular weight is 349 g/mol. The van der Waals surface area contributed by atoms with Gasteiger partial charge in [0.2, 0.25) is 0 Å². The molecule has 0 spiro atoms. The molecule has 6 nitrogen and oxygen atoms in total. The van der Waals surface area contributed by atoms with Crippen molar-refractivity contribution in [2.45, 2.75) is 32.6 Å². The number of rotatable bonds is 8. The highest BCUT2D eigenvalue weighted by molar-refractivity contribution is 5.80. The highest BCUT2D eigenvalue weighted by Gasteiger charge is 2.21. The van der Waals surface area contributed by atoms with Gasteiger partial charge in [-0.25, -0.2) is 0 Å². The summed E-state index contributed by atoms with van der Waals surface area (Å²) < 4.78 is 15.7. The quantitative estimate of drug-likeness (QED) is 0.533. The van der Waals surface area contributed by atoms with Crippen LogP contribution in [0.2, 0.25) is 0 Å². The molecule has 0 bridgehead atoms. The average Bonchev–Trinajstić information content (AvgIpc) is 2.64. The molecule has 2 rings (SSSR count). The van der Waals surface area contributed by atoms with Gasteiger partial charge in [-0.15, -0.1) is 0 Å². The van der Waals surface area contributed by atoms with E-state index in [1.54, 1.807) is 12.0 Å². The molecular formula is C19H27NO5. The van der Waals surface area contributed by atoms with Gasteiger partial charge in [-0.2, -0.15) is 0 Å². The first-order chi connectivity index (χ1) is 12.1. The third-order valence-corrected chi connectivity index (χ3v) is 4.35. The number of piperidine rings is 1. The molecule has 1 amide bonds. The number of benzene rings is 1. The van der Waals surface area contributed by atoms with Crippen LogP contribution in [-0.2, 0) is 14.3 Å². The Morgan fingerprint density at radius 2 is 1.76 bits per heavy atom. The second kappa shape index (κ2) is 9.91. The van der Waals surface area contributed by atoms with Gasteiger partial charge in [-0.1, -0.05) is 6.92 Å². The third kappa shape index (κ3) is 6.64. The standard InChI is InChI=1S/C19H27NO5/c1-15-9-11-20(12-10-15)18(21)14-25-19(22)4-3-13-24-17-7-5-16(23-2)6-8-17/h5-8,15H,3-4,9-14H2,1-2H3. The van der Waals surface area contributed by atoms with Gasteiger partial charge in [0, 0.05) is 19.5 Å². The van der Waals surface area contributed by atoms with Crippen molar-refractivity contribution in [3.8, 4) is 11.5 Å². The van der Waals surface area contributed by atoms with E-state index in [4.69, 9.17) is 14.2 Å². The summed E-state index contributed by atoms with van der Waals surface area (Å²) in [4.78, 5) is 25.5. The molecule has 1 aromatic rings. The SMILES string of the molecule is COc1ccc(OCCCC(=O)OCC(=O)N2CCC(C)CC2)cc1. The van der Waals surface area contributed by atoms with Crippen LogP contribution in [0.15, 0.2) is 24.3 Å². The Kier molecular flexibility index (Phi) is 7.57. The minimum Gasteiger partial charge on any atom is -0.497 e. The second-order valence-electron chi connectivity index (χ2n) is 6.35. The lowest BCUT2D eigenvalue weighted by molar-refractivity contribution is -0.152. The number of methoxy groups -OCH3 is 1. The normalized spacial score (nSPS) is 14.9. The largest absolute Gasteiger partial charge is 0.497 e. The van der Waals surface area contributed by atoms with Crippen LogP contribution in [0.25, 0.3) is 0 Å². The van der Waals surface area contributed by atoms with E-state index in [9.17, 15) is 9.59 Å². The second-order valence-corrected chi connectivity index (χ2v) is 6.35.